The van der Waals surface area contributed by atoms with E-state index in [0.29, 0.717) is 0 Å². The van der Waals surface area contributed by atoms with Crippen LogP contribution in [0.1, 0.15) is 32.1 Å². The molecule has 1 aliphatic rings. The number of rotatable bonds is 2. The first-order valence-electron chi connectivity index (χ1n) is 4.06. The molecular weight excluding hydrogens is 177 g/mol. The van der Waals surface area contributed by atoms with Crippen molar-refractivity contribution >= 4 is 7.60 Å². The topological polar surface area (TPSA) is 70.3 Å². The van der Waals surface area contributed by atoms with Crippen molar-refractivity contribution in [3.05, 3.63) is 0 Å². The van der Waals surface area contributed by atoms with Crippen LogP contribution in [0.15, 0.2) is 0 Å². The van der Waals surface area contributed by atoms with E-state index in [2.05, 4.69) is 0 Å². The second-order valence-corrected chi connectivity index (χ2v) is 4.44. The Morgan fingerprint density at radius 1 is 1.42 bits per heavy atom. The molecule has 5 heteroatoms. The SMILES string of the molecule is N#CP(=O)(O)OC1CCCCC1. The molecule has 1 N–H and O–H groups in total. The first-order chi connectivity index (χ1) is 5.64. The molecule has 1 aliphatic carbocycles. The van der Waals surface area contributed by atoms with Gasteiger partial charge in [-0.25, -0.2) is 4.57 Å². The van der Waals surface area contributed by atoms with Gasteiger partial charge in [0, 0.05) is 0 Å². The minimum absolute atomic E-state index is 0.186. The Morgan fingerprint density at radius 2 is 2.00 bits per heavy atom. The normalized spacial score (nSPS) is 24.3. The molecule has 0 bridgehead atoms. The fourth-order valence-electron chi connectivity index (χ4n) is 1.40. The van der Waals surface area contributed by atoms with Gasteiger partial charge in [-0.2, -0.15) is 5.26 Å². The van der Waals surface area contributed by atoms with Crippen LogP contribution in [0, 0.1) is 11.1 Å². The molecule has 12 heavy (non-hydrogen) atoms. The molecule has 0 amide bonds. The summed E-state index contributed by atoms with van der Waals surface area (Å²) < 4.78 is 15.6. The van der Waals surface area contributed by atoms with E-state index < -0.39 is 7.60 Å². The summed E-state index contributed by atoms with van der Waals surface area (Å²) >= 11 is 0. The molecule has 68 valence electrons. The van der Waals surface area contributed by atoms with Gasteiger partial charge in [-0.3, -0.25) is 4.52 Å². The zero-order valence-electron chi connectivity index (χ0n) is 6.77. The van der Waals surface area contributed by atoms with Gasteiger partial charge in [0.05, 0.1) is 6.10 Å². The monoisotopic (exact) mass is 189 g/mol. The Balaban J connectivity index is 2.40. The molecular formula is C7H12NO3P. The van der Waals surface area contributed by atoms with Crippen molar-refractivity contribution < 1.29 is 14.0 Å². The molecule has 1 unspecified atom stereocenters. The summed E-state index contributed by atoms with van der Waals surface area (Å²) in [6, 6.07) is 0. The van der Waals surface area contributed by atoms with Crippen molar-refractivity contribution in [2.75, 3.05) is 0 Å². The second kappa shape index (κ2) is 4.04. The van der Waals surface area contributed by atoms with E-state index in [0.717, 1.165) is 32.1 Å². The van der Waals surface area contributed by atoms with Crippen LogP contribution in [0.4, 0.5) is 0 Å². The third kappa shape index (κ3) is 2.94. The first kappa shape index (κ1) is 9.73. The Bertz CT molecular complexity index is 229. The molecule has 1 atom stereocenters. The van der Waals surface area contributed by atoms with E-state index in [9.17, 15) is 4.57 Å². The van der Waals surface area contributed by atoms with Crippen molar-refractivity contribution in [1.29, 1.82) is 5.26 Å². The third-order valence-electron chi connectivity index (χ3n) is 1.97. The smallest absolute Gasteiger partial charge is 0.314 e. The maximum atomic E-state index is 10.8. The molecule has 0 aromatic carbocycles. The number of hydrogen-bond donors (Lipinski definition) is 1. The summed E-state index contributed by atoms with van der Waals surface area (Å²) in [5.41, 5.74) is 0. The lowest BCUT2D eigenvalue weighted by Crippen LogP contribution is -2.14. The predicted molar refractivity (Wildman–Crippen MR) is 43.4 cm³/mol. The van der Waals surface area contributed by atoms with Gasteiger partial charge in [-0.1, -0.05) is 19.3 Å². The summed E-state index contributed by atoms with van der Waals surface area (Å²) in [6.45, 7) is 0. The van der Waals surface area contributed by atoms with Crippen molar-refractivity contribution in [3.63, 3.8) is 0 Å². The fraction of sp³-hybridized carbons (Fsp3) is 0.857. The highest BCUT2D eigenvalue weighted by Crippen LogP contribution is 2.43. The minimum Gasteiger partial charge on any atom is -0.314 e. The Labute approximate surface area is 71.7 Å². The molecule has 1 saturated carbocycles. The Kier molecular flexibility index (Phi) is 3.28. The average Bonchev–Trinajstić information content (AvgIpc) is 2.06. The van der Waals surface area contributed by atoms with Crippen molar-refractivity contribution in [1.82, 2.24) is 0 Å². The van der Waals surface area contributed by atoms with Crippen molar-refractivity contribution in [3.8, 4) is 5.81 Å². The second-order valence-electron chi connectivity index (χ2n) is 2.99. The first-order valence-corrected chi connectivity index (χ1v) is 5.64. The van der Waals surface area contributed by atoms with Crippen LogP contribution in [0.3, 0.4) is 0 Å². The van der Waals surface area contributed by atoms with E-state index in [1.165, 1.54) is 5.81 Å². The maximum absolute atomic E-state index is 10.8. The molecule has 0 aromatic rings. The van der Waals surface area contributed by atoms with Crippen LogP contribution in [-0.2, 0) is 9.09 Å². The van der Waals surface area contributed by atoms with Gasteiger partial charge in [0.15, 0.2) is 5.81 Å². The molecule has 0 heterocycles. The summed E-state index contributed by atoms with van der Waals surface area (Å²) in [6.07, 6.45) is 4.61. The van der Waals surface area contributed by atoms with Gasteiger partial charge in [0.25, 0.3) is 0 Å². The standard InChI is InChI=1S/C7H12NO3P/c8-6-12(9,10)11-7-4-2-1-3-5-7/h7H,1-5H2,(H,9,10). The molecule has 0 spiro atoms. The summed E-state index contributed by atoms with van der Waals surface area (Å²) in [5.74, 6) is 1.28. The quantitative estimate of drug-likeness (QED) is 0.674. The summed E-state index contributed by atoms with van der Waals surface area (Å²) in [7, 11) is -3.94. The molecule has 4 nitrogen and oxygen atoms in total. The lowest BCUT2D eigenvalue weighted by molar-refractivity contribution is 0.140. The fourth-order valence-corrected chi connectivity index (χ4v) is 2.06. The van der Waals surface area contributed by atoms with E-state index >= 15 is 0 Å². The Morgan fingerprint density at radius 3 is 2.50 bits per heavy atom. The van der Waals surface area contributed by atoms with Crippen LogP contribution < -0.4 is 0 Å². The molecule has 1 fully saturated rings. The van der Waals surface area contributed by atoms with Gasteiger partial charge in [-0.05, 0) is 12.8 Å². The molecule has 1 rings (SSSR count). The van der Waals surface area contributed by atoms with Crippen LogP contribution in [-0.4, -0.2) is 11.0 Å². The van der Waals surface area contributed by atoms with Crippen molar-refractivity contribution in [2.45, 2.75) is 38.2 Å². The number of nitriles is 1. The maximum Gasteiger partial charge on any atom is 0.429 e. The van der Waals surface area contributed by atoms with Crippen LogP contribution in [0.5, 0.6) is 0 Å². The predicted octanol–water partition coefficient (Wildman–Crippen LogP) is 2.00. The molecule has 0 aromatic heterocycles. The molecule has 0 aliphatic heterocycles. The van der Waals surface area contributed by atoms with E-state index in [1.54, 1.807) is 0 Å². The minimum atomic E-state index is -3.94. The zero-order valence-corrected chi connectivity index (χ0v) is 7.67. The van der Waals surface area contributed by atoms with Crippen LogP contribution >= 0.6 is 7.60 Å². The largest absolute Gasteiger partial charge is 0.429 e. The van der Waals surface area contributed by atoms with Gasteiger partial charge in [-0.15, -0.1) is 0 Å². The molecule has 0 saturated heterocycles. The number of nitrogens with zero attached hydrogens (tertiary/aromatic N) is 1. The summed E-state index contributed by atoms with van der Waals surface area (Å²) in [4.78, 5) is 8.85. The lowest BCUT2D eigenvalue weighted by Gasteiger charge is -2.21. The summed E-state index contributed by atoms with van der Waals surface area (Å²) in [5, 5.41) is 8.24. The van der Waals surface area contributed by atoms with Crippen LogP contribution in [0.25, 0.3) is 0 Å². The van der Waals surface area contributed by atoms with Gasteiger partial charge in [0.2, 0.25) is 0 Å². The van der Waals surface area contributed by atoms with E-state index in [4.69, 9.17) is 14.7 Å². The van der Waals surface area contributed by atoms with Gasteiger partial charge < -0.3 is 4.89 Å². The average molecular weight is 189 g/mol. The van der Waals surface area contributed by atoms with Gasteiger partial charge >= 0.3 is 7.60 Å². The highest BCUT2D eigenvalue weighted by molar-refractivity contribution is 7.58. The van der Waals surface area contributed by atoms with E-state index in [1.807, 2.05) is 0 Å². The van der Waals surface area contributed by atoms with Gasteiger partial charge in [0.1, 0.15) is 0 Å². The number of hydrogen-bond acceptors (Lipinski definition) is 3. The lowest BCUT2D eigenvalue weighted by atomic mass is 9.98. The molecule has 0 radical (unpaired) electrons. The zero-order chi connectivity index (χ0) is 9.03. The Hall–Kier alpha value is -0.360. The highest BCUT2D eigenvalue weighted by Gasteiger charge is 2.25. The highest BCUT2D eigenvalue weighted by atomic mass is 31.2. The third-order valence-corrected chi connectivity index (χ3v) is 2.81. The van der Waals surface area contributed by atoms with E-state index in [-0.39, 0.29) is 6.10 Å². The van der Waals surface area contributed by atoms with Crippen LogP contribution in [0.2, 0.25) is 0 Å². The van der Waals surface area contributed by atoms with Crippen molar-refractivity contribution in [2.24, 2.45) is 0 Å².